The number of carboxylic acids is 1. The third-order valence-electron chi connectivity index (χ3n) is 2.88. The fourth-order valence-electron chi connectivity index (χ4n) is 1.74. The van der Waals surface area contributed by atoms with Gasteiger partial charge in [0.25, 0.3) is 0 Å². The van der Waals surface area contributed by atoms with Gasteiger partial charge in [-0.1, -0.05) is 6.58 Å². The summed E-state index contributed by atoms with van der Waals surface area (Å²) in [4.78, 5) is 9.25. The second-order valence-corrected chi connectivity index (χ2v) is 5.72. The molecular formula is C15H29NaO2. The average Bonchev–Trinajstić information content (AvgIpc) is 2.37. The predicted octanol–water partition coefficient (Wildman–Crippen LogP) is 4.75. The van der Waals surface area contributed by atoms with Crippen molar-refractivity contribution in [1.29, 1.82) is 0 Å². The van der Waals surface area contributed by atoms with Gasteiger partial charge in [-0.15, -0.1) is 0 Å². The van der Waals surface area contributed by atoms with Crippen molar-refractivity contribution in [1.82, 2.24) is 0 Å². The monoisotopic (exact) mass is 264 g/mol. The van der Waals surface area contributed by atoms with E-state index < -0.39 is 5.97 Å². The van der Waals surface area contributed by atoms with Crippen LogP contribution in [-0.2, 0) is 4.79 Å². The van der Waals surface area contributed by atoms with Gasteiger partial charge in [0.15, 0.2) is 0 Å². The maximum atomic E-state index is 9.25. The number of unbranched alkanes of at least 4 members (excludes halogenated alkanes) is 9. The molecule has 0 unspecified atom stereocenters. The second kappa shape index (κ2) is 19.5. The van der Waals surface area contributed by atoms with Crippen molar-refractivity contribution in [2.24, 2.45) is 0 Å². The number of carbonyl (C=O) groups is 1. The number of hydrogen-bond donors (Lipinski definition) is 1. The fourth-order valence-corrected chi connectivity index (χ4v) is 2.24. The molecule has 0 atom stereocenters. The molecule has 0 heterocycles. The molecule has 0 aromatic rings. The SMILES string of the molecule is C=CC(=O)O.CCCCCCCCCCC[CH2][Na]. The molecule has 0 saturated carbocycles. The zero-order valence-corrected chi connectivity index (χ0v) is 14.4. The minimum absolute atomic E-state index is 0.833. The van der Waals surface area contributed by atoms with E-state index in [9.17, 15) is 4.79 Å². The van der Waals surface area contributed by atoms with E-state index in [1.807, 2.05) is 0 Å². The second-order valence-electron chi connectivity index (χ2n) is 4.72. The summed E-state index contributed by atoms with van der Waals surface area (Å²) in [6, 6.07) is 0. The Morgan fingerprint density at radius 2 is 1.33 bits per heavy atom. The summed E-state index contributed by atoms with van der Waals surface area (Å²) in [6.45, 7) is 5.25. The van der Waals surface area contributed by atoms with E-state index in [0.29, 0.717) is 0 Å². The van der Waals surface area contributed by atoms with Crippen LogP contribution in [0, 0.1) is 0 Å². The van der Waals surface area contributed by atoms with Gasteiger partial charge in [-0.05, 0) is 0 Å². The van der Waals surface area contributed by atoms with Crippen LogP contribution in [0.4, 0.5) is 0 Å². The Balaban J connectivity index is 0. The van der Waals surface area contributed by atoms with Crippen molar-refractivity contribution < 1.29 is 9.90 Å². The van der Waals surface area contributed by atoms with Crippen LogP contribution < -0.4 is 0 Å². The normalized spacial score (nSPS) is 9.50. The number of hydrogen-bond acceptors (Lipinski definition) is 1. The van der Waals surface area contributed by atoms with Crippen LogP contribution in [0.3, 0.4) is 0 Å². The molecule has 102 valence electrons. The molecule has 0 saturated heterocycles. The number of aliphatic carboxylic acids is 1. The molecule has 0 aliphatic rings. The summed E-state index contributed by atoms with van der Waals surface area (Å²) in [7, 11) is 0. The summed E-state index contributed by atoms with van der Waals surface area (Å²) >= 11 is 1.41. The van der Waals surface area contributed by atoms with Gasteiger partial charge in [-0.3, -0.25) is 0 Å². The predicted molar refractivity (Wildman–Crippen MR) is 80.2 cm³/mol. The van der Waals surface area contributed by atoms with Crippen molar-refractivity contribution in [3.8, 4) is 0 Å². The molecular weight excluding hydrogens is 235 g/mol. The molecule has 18 heavy (non-hydrogen) atoms. The molecule has 0 fully saturated rings. The Labute approximate surface area is 131 Å². The van der Waals surface area contributed by atoms with Gasteiger partial charge >= 0.3 is 109 Å². The Morgan fingerprint density at radius 3 is 1.61 bits per heavy atom. The Kier molecular flexibility index (Phi) is 22.3. The van der Waals surface area contributed by atoms with Crippen molar-refractivity contribution >= 4 is 33.9 Å². The van der Waals surface area contributed by atoms with Crippen LogP contribution >= 0.6 is 0 Å². The van der Waals surface area contributed by atoms with Crippen molar-refractivity contribution in [3.05, 3.63) is 12.7 Å². The van der Waals surface area contributed by atoms with Crippen LogP contribution in [0.1, 0.15) is 71.1 Å². The molecule has 0 aromatic heterocycles. The first-order valence-electron chi connectivity index (χ1n) is 7.54. The Morgan fingerprint density at radius 1 is 1.00 bits per heavy atom. The minimum atomic E-state index is -0.981. The molecule has 0 amide bonds. The van der Waals surface area contributed by atoms with Gasteiger partial charge < -0.3 is 5.11 Å². The summed E-state index contributed by atoms with van der Waals surface area (Å²) < 4.78 is 1.51. The molecule has 0 aliphatic carbocycles. The average molecular weight is 264 g/mol. The first-order valence-corrected chi connectivity index (χ1v) is 8.95. The van der Waals surface area contributed by atoms with Crippen LogP contribution in [0.15, 0.2) is 12.7 Å². The van der Waals surface area contributed by atoms with Crippen LogP contribution in [0.25, 0.3) is 0 Å². The van der Waals surface area contributed by atoms with Gasteiger partial charge in [0.1, 0.15) is 0 Å². The van der Waals surface area contributed by atoms with Gasteiger partial charge in [0.2, 0.25) is 0 Å². The van der Waals surface area contributed by atoms with Crippen LogP contribution in [0.2, 0.25) is 3.67 Å². The van der Waals surface area contributed by atoms with Crippen molar-refractivity contribution in [2.75, 3.05) is 0 Å². The topological polar surface area (TPSA) is 37.3 Å². The number of carboxylic acid groups (broad SMARTS) is 1. The van der Waals surface area contributed by atoms with Gasteiger partial charge in [-0.25, -0.2) is 4.79 Å². The van der Waals surface area contributed by atoms with Crippen molar-refractivity contribution in [2.45, 2.75) is 74.8 Å². The summed E-state index contributed by atoms with van der Waals surface area (Å²) in [5.41, 5.74) is 0. The van der Waals surface area contributed by atoms with Gasteiger partial charge in [0.05, 0.1) is 0 Å². The Bertz CT molecular complexity index is 171. The fraction of sp³-hybridized carbons (Fsp3) is 0.800. The summed E-state index contributed by atoms with van der Waals surface area (Å²) in [5.74, 6) is -0.981. The van der Waals surface area contributed by atoms with E-state index in [0.717, 1.165) is 6.08 Å². The van der Waals surface area contributed by atoms with Gasteiger partial charge in [-0.2, -0.15) is 0 Å². The molecule has 1 N–H and O–H groups in total. The quantitative estimate of drug-likeness (QED) is 0.332. The maximum absolute atomic E-state index is 9.25. The molecule has 2 nitrogen and oxygen atoms in total. The van der Waals surface area contributed by atoms with Crippen LogP contribution in [0.5, 0.6) is 0 Å². The van der Waals surface area contributed by atoms with E-state index in [2.05, 4.69) is 13.5 Å². The zero-order chi connectivity index (χ0) is 14.1. The molecule has 0 aliphatic heterocycles. The van der Waals surface area contributed by atoms with Gasteiger partial charge in [0, 0.05) is 6.08 Å². The third kappa shape index (κ3) is 25.2. The van der Waals surface area contributed by atoms with Crippen molar-refractivity contribution in [3.63, 3.8) is 0 Å². The summed E-state index contributed by atoms with van der Waals surface area (Å²) in [5, 5.41) is 7.60. The molecule has 0 aromatic carbocycles. The van der Waals surface area contributed by atoms with E-state index in [1.165, 1.54) is 95.8 Å². The third-order valence-corrected chi connectivity index (χ3v) is 3.59. The van der Waals surface area contributed by atoms with E-state index in [1.54, 1.807) is 0 Å². The Hall–Kier alpha value is 0.210. The molecule has 0 radical (unpaired) electrons. The van der Waals surface area contributed by atoms with E-state index in [-0.39, 0.29) is 0 Å². The molecule has 0 rings (SSSR count). The van der Waals surface area contributed by atoms with E-state index in [4.69, 9.17) is 5.11 Å². The summed E-state index contributed by atoms with van der Waals surface area (Å²) in [6.07, 6.45) is 15.6. The first kappa shape index (κ1) is 20.5. The standard InChI is InChI=1S/C12H25.C3H4O2.Na/c1-3-5-7-9-11-12-10-8-6-4-2;1-2-3(4)5;/h1,3-12H2,2H3;2H,1H2,(H,4,5);. The molecule has 0 spiro atoms. The zero-order valence-electron chi connectivity index (χ0n) is 12.4. The first-order chi connectivity index (χ1) is 8.68. The van der Waals surface area contributed by atoms with Crippen LogP contribution in [-0.4, -0.2) is 39.0 Å². The molecule has 3 heteroatoms. The van der Waals surface area contributed by atoms with E-state index >= 15 is 0 Å². The number of rotatable bonds is 11. The molecule has 0 bridgehead atoms.